The van der Waals surface area contributed by atoms with Crippen LogP contribution in [0.1, 0.15) is 19.3 Å². The summed E-state index contributed by atoms with van der Waals surface area (Å²) in [5.74, 6) is 0.138. The summed E-state index contributed by atoms with van der Waals surface area (Å²) in [5, 5.41) is 6.40. The van der Waals surface area contributed by atoms with Crippen LogP contribution in [0.4, 0.5) is 0 Å². The zero-order valence-electron chi connectivity index (χ0n) is 14.0. The summed E-state index contributed by atoms with van der Waals surface area (Å²) in [7, 11) is 0. The summed E-state index contributed by atoms with van der Waals surface area (Å²) in [6.07, 6.45) is 3.40. The fourth-order valence-electron chi connectivity index (χ4n) is 3.45. The van der Waals surface area contributed by atoms with E-state index in [0.29, 0.717) is 5.02 Å². The number of piperidine rings is 1. The molecule has 0 bridgehead atoms. The van der Waals surface area contributed by atoms with Gasteiger partial charge in [0, 0.05) is 29.1 Å². The molecule has 3 aromatic rings. The van der Waals surface area contributed by atoms with Gasteiger partial charge in [-0.25, -0.2) is 0 Å². The van der Waals surface area contributed by atoms with Crippen molar-refractivity contribution < 1.29 is 4.79 Å². The molecule has 1 aliphatic heterocycles. The Morgan fingerprint density at radius 3 is 2.56 bits per heavy atom. The highest BCUT2D eigenvalue weighted by Gasteiger charge is 2.19. The minimum atomic E-state index is 0.138. The molecule has 0 N–H and O–H groups in total. The molecule has 1 fully saturated rings. The van der Waals surface area contributed by atoms with Crippen molar-refractivity contribution >= 4 is 28.4 Å². The summed E-state index contributed by atoms with van der Waals surface area (Å²) in [5.41, 5.74) is 2.83. The quantitative estimate of drug-likeness (QED) is 0.701. The van der Waals surface area contributed by atoms with Crippen LogP contribution in [0.25, 0.3) is 22.2 Å². The Kier molecular flexibility index (Phi) is 4.45. The van der Waals surface area contributed by atoms with Crippen molar-refractivity contribution in [1.29, 1.82) is 0 Å². The molecule has 4 rings (SSSR count). The molecular formula is C20H20ClN3O. The van der Waals surface area contributed by atoms with Gasteiger partial charge in [-0.1, -0.05) is 41.9 Å². The van der Waals surface area contributed by atoms with E-state index in [1.807, 2.05) is 58.1 Å². The second-order valence-corrected chi connectivity index (χ2v) is 6.91. The number of halogens is 1. The van der Waals surface area contributed by atoms with Gasteiger partial charge in [0.25, 0.3) is 0 Å². The van der Waals surface area contributed by atoms with Crippen molar-refractivity contribution in [1.82, 2.24) is 14.7 Å². The smallest absolute Gasteiger partial charge is 0.244 e. The van der Waals surface area contributed by atoms with E-state index < -0.39 is 0 Å². The number of benzene rings is 2. The predicted octanol–water partition coefficient (Wildman–Crippen LogP) is 4.37. The normalized spacial score (nSPS) is 14.8. The van der Waals surface area contributed by atoms with E-state index in [1.54, 1.807) is 0 Å². The summed E-state index contributed by atoms with van der Waals surface area (Å²) in [6.45, 7) is 1.98. The highest BCUT2D eigenvalue weighted by molar-refractivity contribution is 6.31. The highest BCUT2D eigenvalue weighted by atomic mass is 35.5. The first-order valence-corrected chi connectivity index (χ1v) is 9.09. The van der Waals surface area contributed by atoms with Crippen LogP contribution in [-0.4, -0.2) is 33.7 Å². The first kappa shape index (κ1) is 16.2. The van der Waals surface area contributed by atoms with Crippen LogP contribution < -0.4 is 0 Å². The Bertz CT molecular complexity index is 898. The Hall–Kier alpha value is -2.33. The van der Waals surface area contributed by atoms with Crippen LogP contribution in [0.5, 0.6) is 0 Å². The van der Waals surface area contributed by atoms with Gasteiger partial charge in [-0.15, -0.1) is 0 Å². The first-order valence-electron chi connectivity index (χ1n) is 8.71. The van der Waals surface area contributed by atoms with Crippen LogP contribution in [0.2, 0.25) is 5.02 Å². The van der Waals surface area contributed by atoms with E-state index in [0.717, 1.165) is 48.1 Å². The summed E-state index contributed by atoms with van der Waals surface area (Å²) in [4.78, 5) is 14.6. The molecule has 25 heavy (non-hydrogen) atoms. The third-order valence-electron chi connectivity index (χ3n) is 4.75. The van der Waals surface area contributed by atoms with E-state index >= 15 is 0 Å². The van der Waals surface area contributed by atoms with E-state index in [9.17, 15) is 4.79 Å². The number of likely N-dealkylation sites (tertiary alicyclic amines) is 1. The number of hydrogen-bond donors (Lipinski definition) is 0. The number of hydrogen-bond acceptors (Lipinski definition) is 2. The lowest BCUT2D eigenvalue weighted by atomic mass is 10.1. The topological polar surface area (TPSA) is 38.1 Å². The zero-order valence-corrected chi connectivity index (χ0v) is 14.7. The van der Waals surface area contributed by atoms with Gasteiger partial charge >= 0.3 is 0 Å². The summed E-state index contributed by atoms with van der Waals surface area (Å²) in [6, 6.07) is 15.7. The van der Waals surface area contributed by atoms with Gasteiger partial charge in [0.1, 0.15) is 12.2 Å². The molecule has 128 valence electrons. The predicted molar refractivity (Wildman–Crippen MR) is 101 cm³/mol. The fraction of sp³-hybridized carbons (Fsp3) is 0.300. The monoisotopic (exact) mass is 353 g/mol. The van der Waals surface area contributed by atoms with Crippen LogP contribution >= 0.6 is 11.6 Å². The molecule has 5 heteroatoms. The van der Waals surface area contributed by atoms with Crippen LogP contribution in [0.15, 0.2) is 48.5 Å². The molecule has 2 aromatic carbocycles. The molecule has 2 heterocycles. The molecule has 4 nitrogen and oxygen atoms in total. The molecule has 0 atom stereocenters. The van der Waals surface area contributed by atoms with E-state index in [1.165, 1.54) is 6.42 Å². The van der Waals surface area contributed by atoms with Crippen LogP contribution in [0.3, 0.4) is 0 Å². The molecular weight excluding hydrogens is 334 g/mol. The van der Waals surface area contributed by atoms with Gasteiger partial charge in [-0.05, 0) is 37.5 Å². The summed E-state index contributed by atoms with van der Waals surface area (Å²) >= 11 is 6.20. The first-order chi connectivity index (χ1) is 12.2. The third-order valence-corrected chi connectivity index (χ3v) is 4.99. The molecule has 0 aliphatic carbocycles. The van der Waals surface area contributed by atoms with Crippen molar-refractivity contribution in [2.75, 3.05) is 13.1 Å². The van der Waals surface area contributed by atoms with Gasteiger partial charge in [0.05, 0.1) is 5.52 Å². The maximum Gasteiger partial charge on any atom is 0.244 e. The zero-order chi connectivity index (χ0) is 17.2. The van der Waals surface area contributed by atoms with Gasteiger partial charge in [0.15, 0.2) is 0 Å². The minimum absolute atomic E-state index is 0.138. The van der Waals surface area contributed by atoms with Gasteiger partial charge in [0.2, 0.25) is 5.91 Å². The van der Waals surface area contributed by atoms with Crippen molar-refractivity contribution in [3.8, 4) is 11.3 Å². The average Bonchev–Trinajstić information content (AvgIpc) is 3.00. The second-order valence-electron chi connectivity index (χ2n) is 6.48. The third kappa shape index (κ3) is 3.27. The molecule has 1 aliphatic rings. The Labute approximate surface area is 152 Å². The molecule has 1 saturated heterocycles. The highest BCUT2D eigenvalue weighted by Crippen LogP contribution is 2.30. The van der Waals surface area contributed by atoms with Crippen molar-refractivity contribution in [3.05, 3.63) is 53.6 Å². The van der Waals surface area contributed by atoms with Crippen molar-refractivity contribution in [2.45, 2.75) is 25.8 Å². The molecule has 1 amide bonds. The van der Waals surface area contributed by atoms with E-state index in [2.05, 4.69) is 0 Å². The van der Waals surface area contributed by atoms with Crippen molar-refractivity contribution in [3.63, 3.8) is 0 Å². The van der Waals surface area contributed by atoms with Crippen LogP contribution in [-0.2, 0) is 11.3 Å². The Balaban J connectivity index is 1.73. The largest absolute Gasteiger partial charge is 0.341 e. The Morgan fingerprint density at radius 2 is 1.80 bits per heavy atom. The van der Waals surface area contributed by atoms with E-state index in [-0.39, 0.29) is 12.5 Å². The second kappa shape index (κ2) is 6.89. The lowest BCUT2D eigenvalue weighted by Gasteiger charge is -2.26. The molecule has 0 unspecified atom stereocenters. The molecule has 0 radical (unpaired) electrons. The Morgan fingerprint density at radius 1 is 1.04 bits per heavy atom. The van der Waals surface area contributed by atoms with Crippen LogP contribution in [0, 0.1) is 0 Å². The van der Waals surface area contributed by atoms with Gasteiger partial charge in [-0.2, -0.15) is 5.10 Å². The molecule has 0 saturated carbocycles. The number of amides is 1. The van der Waals surface area contributed by atoms with Crippen molar-refractivity contribution in [2.24, 2.45) is 0 Å². The maximum absolute atomic E-state index is 12.7. The molecule has 0 spiro atoms. The number of carbonyl (C=O) groups is 1. The maximum atomic E-state index is 12.7. The number of aromatic nitrogens is 2. The van der Waals surface area contributed by atoms with Gasteiger partial charge < -0.3 is 4.90 Å². The summed E-state index contributed by atoms with van der Waals surface area (Å²) < 4.78 is 1.81. The lowest BCUT2D eigenvalue weighted by Crippen LogP contribution is -2.37. The number of rotatable bonds is 3. The average molecular weight is 354 g/mol. The fourth-order valence-corrected chi connectivity index (χ4v) is 3.62. The number of nitrogens with zero attached hydrogens (tertiary/aromatic N) is 3. The standard InChI is InChI=1S/C20H20ClN3O/c21-16-9-10-18-17(13-16)20(15-7-3-1-4-8-15)22-24(18)14-19(25)23-11-5-2-6-12-23/h1,3-4,7-10,13H,2,5-6,11-12,14H2. The molecule has 1 aromatic heterocycles. The van der Waals surface area contributed by atoms with Gasteiger partial charge in [-0.3, -0.25) is 9.48 Å². The number of carbonyl (C=O) groups excluding carboxylic acids is 1. The number of fused-ring (bicyclic) bond motifs is 1. The minimum Gasteiger partial charge on any atom is -0.341 e. The lowest BCUT2D eigenvalue weighted by molar-refractivity contribution is -0.132. The van der Waals surface area contributed by atoms with E-state index in [4.69, 9.17) is 16.7 Å². The SMILES string of the molecule is O=C(Cn1nc(-c2ccccc2)c2cc(Cl)ccc21)N1CCCCC1.